The zero-order chi connectivity index (χ0) is 16.1. The van der Waals surface area contributed by atoms with Crippen molar-refractivity contribution in [3.05, 3.63) is 78.0 Å². The Bertz CT molecular complexity index is 802. The topological polar surface area (TPSA) is 68.0 Å². The third-order valence-electron chi connectivity index (χ3n) is 3.80. The van der Waals surface area contributed by atoms with Crippen molar-refractivity contribution in [2.75, 3.05) is 6.54 Å². The molecule has 0 saturated heterocycles. The van der Waals surface area contributed by atoms with Gasteiger partial charge in [-0.1, -0.05) is 54.6 Å². The number of nitrogens with two attached hydrogens (primary N) is 1. The Hall–Kier alpha value is -2.72. The normalized spacial score (nSPS) is 12.2. The number of fused-ring (bicyclic) bond motifs is 1. The van der Waals surface area contributed by atoms with Crippen molar-refractivity contribution < 1.29 is 4.79 Å². The van der Waals surface area contributed by atoms with Gasteiger partial charge in [0.15, 0.2) is 0 Å². The predicted molar refractivity (Wildman–Crippen MR) is 91.8 cm³/mol. The lowest BCUT2D eigenvalue weighted by molar-refractivity contribution is -0.120. The summed E-state index contributed by atoms with van der Waals surface area (Å²) in [5, 5.41) is 4.35. The standard InChI is InChI=1S/C19H19N3O/c20-19(23)18(15-7-2-1-3-8-15)21-13-12-16-11-10-14-6-4-5-9-17(14)22-16/h1-11,18,21H,12-13H2,(H2,20,23)/t18-/m1/s1. The Balaban J connectivity index is 1.65. The van der Waals surface area contributed by atoms with E-state index in [2.05, 4.69) is 16.4 Å². The van der Waals surface area contributed by atoms with Crippen LogP contribution in [0, 0.1) is 0 Å². The number of nitrogens with one attached hydrogen (secondary N) is 1. The average molecular weight is 305 g/mol. The van der Waals surface area contributed by atoms with Crippen LogP contribution in [0.2, 0.25) is 0 Å². The molecule has 3 rings (SSSR count). The molecule has 3 N–H and O–H groups in total. The third kappa shape index (κ3) is 3.73. The monoisotopic (exact) mass is 305 g/mol. The Morgan fingerprint density at radius 1 is 1.00 bits per heavy atom. The Morgan fingerprint density at radius 3 is 2.52 bits per heavy atom. The number of amides is 1. The highest BCUT2D eigenvalue weighted by Gasteiger charge is 2.16. The second-order valence-electron chi connectivity index (χ2n) is 5.45. The molecule has 1 heterocycles. The molecular weight excluding hydrogens is 286 g/mol. The van der Waals surface area contributed by atoms with Crippen LogP contribution in [-0.4, -0.2) is 17.4 Å². The summed E-state index contributed by atoms with van der Waals surface area (Å²) in [4.78, 5) is 16.3. The average Bonchev–Trinajstić information content (AvgIpc) is 2.59. The summed E-state index contributed by atoms with van der Waals surface area (Å²) in [6.07, 6.45) is 0.738. The molecule has 1 amide bonds. The fourth-order valence-corrected chi connectivity index (χ4v) is 2.62. The van der Waals surface area contributed by atoms with Crippen LogP contribution < -0.4 is 11.1 Å². The molecule has 0 radical (unpaired) electrons. The van der Waals surface area contributed by atoms with Crippen molar-refractivity contribution in [2.24, 2.45) is 5.73 Å². The minimum atomic E-state index is -0.475. The van der Waals surface area contributed by atoms with Gasteiger partial charge in [0.05, 0.1) is 5.52 Å². The summed E-state index contributed by atoms with van der Waals surface area (Å²) in [5.74, 6) is -0.373. The summed E-state index contributed by atoms with van der Waals surface area (Å²) in [6.45, 7) is 0.633. The highest BCUT2D eigenvalue weighted by molar-refractivity contribution is 5.81. The molecule has 0 aliphatic heterocycles. The molecule has 116 valence electrons. The van der Waals surface area contributed by atoms with E-state index < -0.39 is 6.04 Å². The van der Waals surface area contributed by atoms with Crippen LogP contribution >= 0.6 is 0 Å². The highest BCUT2D eigenvalue weighted by atomic mass is 16.1. The maximum absolute atomic E-state index is 11.7. The molecule has 0 bridgehead atoms. The van der Waals surface area contributed by atoms with Gasteiger partial charge >= 0.3 is 0 Å². The van der Waals surface area contributed by atoms with E-state index in [1.807, 2.05) is 60.7 Å². The smallest absolute Gasteiger partial charge is 0.239 e. The van der Waals surface area contributed by atoms with Crippen LogP contribution in [0.15, 0.2) is 66.7 Å². The zero-order valence-electron chi connectivity index (χ0n) is 12.8. The van der Waals surface area contributed by atoms with Gasteiger partial charge in [-0.25, -0.2) is 0 Å². The van der Waals surface area contributed by atoms with Gasteiger partial charge in [-0.15, -0.1) is 0 Å². The summed E-state index contributed by atoms with van der Waals surface area (Å²) < 4.78 is 0. The number of pyridine rings is 1. The molecule has 0 saturated carbocycles. The first-order valence-electron chi connectivity index (χ1n) is 7.66. The number of primary amides is 1. The number of carbonyl (C=O) groups excluding carboxylic acids is 1. The van der Waals surface area contributed by atoms with Gasteiger partial charge in [0.1, 0.15) is 6.04 Å². The first-order valence-corrected chi connectivity index (χ1v) is 7.66. The molecule has 0 aliphatic carbocycles. The van der Waals surface area contributed by atoms with Crippen molar-refractivity contribution in [3.8, 4) is 0 Å². The van der Waals surface area contributed by atoms with Gasteiger partial charge < -0.3 is 11.1 Å². The molecule has 1 atom stereocenters. The third-order valence-corrected chi connectivity index (χ3v) is 3.80. The predicted octanol–water partition coefficient (Wildman–Crippen LogP) is 2.59. The van der Waals surface area contributed by atoms with Crippen molar-refractivity contribution >= 4 is 16.8 Å². The largest absolute Gasteiger partial charge is 0.368 e. The quantitative estimate of drug-likeness (QED) is 0.735. The number of carbonyl (C=O) groups is 1. The maximum atomic E-state index is 11.7. The van der Waals surface area contributed by atoms with Gasteiger partial charge in [-0.05, 0) is 17.7 Å². The lowest BCUT2D eigenvalue weighted by Gasteiger charge is -2.15. The second-order valence-corrected chi connectivity index (χ2v) is 5.45. The number of hydrogen-bond acceptors (Lipinski definition) is 3. The van der Waals surface area contributed by atoms with Crippen LogP contribution in [0.4, 0.5) is 0 Å². The molecule has 0 fully saturated rings. The lowest BCUT2D eigenvalue weighted by atomic mass is 10.1. The van der Waals surface area contributed by atoms with E-state index in [0.717, 1.165) is 28.6 Å². The molecule has 4 heteroatoms. The molecule has 0 unspecified atom stereocenters. The van der Waals surface area contributed by atoms with Crippen LogP contribution in [-0.2, 0) is 11.2 Å². The van der Waals surface area contributed by atoms with Crippen molar-refractivity contribution in [1.82, 2.24) is 10.3 Å². The number of aromatic nitrogens is 1. The first kappa shape index (κ1) is 15.2. The lowest BCUT2D eigenvalue weighted by Crippen LogP contribution is -2.34. The van der Waals surface area contributed by atoms with Crippen molar-refractivity contribution in [1.29, 1.82) is 0 Å². The molecule has 2 aromatic carbocycles. The van der Waals surface area contributed by atoms with E-state index in [4.69, 9.17) is 5.73 Å². The second kappa shape index (κ2) is 7.03. The Morgan fingerprint density at radius 2 is 1.74 bits per heavy atom. The summed E-state index contributed by atoms with van der Waals surface area (Å²) in [7, 11) is 0. The van der Waals surface area contributed by atoms with Gasteiger partial charge in [-0.2, -0.15) is 0 Å². The van der Waals surface area contributed by atoms with Crippen LogP contribution in [0.1, 0.15) is 17.3 Å². The number of rotatable bonds is 6. The van der Waals surface area contributed by atoms with Crippen molar-refractivity contribution in [2.45, 2.75) is 12.5 Å². The SMILES string of the molecule is NC(=O)[C@H](NCCc1ccc2ccccc2n1)c1ccccc1. The summed E-state index contributed by atoms with van der Waals surface area (Å²) in [5.41, 5.74) is 8.37. The van der Waals surface area contributed by atoms with Crippen LogP contribution in [0.3, 0.4) is 0 Å². The summed E-state index contributed by atoms with van der Waals surface area (Å²) in [6, 6.07) is 21.2. The molecule has 1 aromatic heterocycles. The van der Waals surface area contributed by atoms with Gasteiger partial charge in [0, 0.05) is 24.0 Å². The zero-order valence-corrected chi connectivity index (χ0v) is 12.8. The Labute approximate surface area is 135 Å². The van der Waals surface area contributed by atoms with Crippen LogP contribution in [0.5, 0.6) is 0 Å². The Kier molecular flexibility index (Phi) is 4.64. The van der Waals surface area contributed by atoms with Gasteiger partial charge in [0.2, 0.25) is 5.91 Å². The first-order chi connectivity index (χ1) is 11.2. The van der Waals surface area contributed by atoms with E-state index in [9.17, 15) is 4.79 Å². The number of nitrogens with zero attached hydrogens (tertiary/aromatic N) is 1. The van der Waals surface area contributed by atoms with E-state index in [-0.39, 0.29) is 5.91 Å². The molecule has 3 aromatic rings. The molecule has 23 heavy (non-hydrogen) atoms. The van der Waals surface area contributed by atoms with Crippen LogP contribution in [0.25, 0.3) is 10.9 Å². The van der Waals surface area contributed by atoms with E-state index in [1.54, 1.807) is 0 Å². The fraction of sp³-hybridized carbons (Fsp3) is 0.158. The van der Waals surface area contributed by atoms with E-state index in [1.165, 1.54) is 0 Å². The molecule has 0 spiro atoms. The molecule has 4 nitrogen and oxygen atoms in total. The van der Waals surface area contributed by atoms with E-state index >= 15 is 0 Å². The number of para-hydroxylation sites is 1. The number of hydrogen-bond donors (Lipinski definition) is 2. The maximum Gasteiger partial charge on any atom is 0.239 e. The van der Waals surface area contributed by atoms with Crippen molar-refractivity contribution in [3.63, 3.8) is 0 Å². The minimum absolute atomic E-state index is 0.373. The fourth-order valence-electron chi connectivity index (χ4n) is 2.62. The summed E-state index contributed by atoms with van der Waals surface area (Å²) >= 11 is 0. The van der Waals surface area contributed by atoms with Gasteiger partial charge in [-0.3, -0.25) is 9.78 Å². The van der Waals surface area contributed by atoms with Gasteiger partial charge in [0.25, 0.3) is 0 Å². The molecule has 0 aliphatic rings. The molecular formula is C19H19N3O. The highest BCUT2D eigenvalue weighted by Crippen LogP contribution is 2.14. The minimum Gasteiger partial charge on any atom is -0.368 e. The number of benzene rings is 2. The van der Waals surface area contributed by atoms with E-state index in [0.29, 0.717) is 6.54 Å².